The number of amides is 1. The predicted octanol–water partition coefficient (Wildman–Crippen LogP) is 3.66. The summed E-state index contributed by atoms with van der Waals surface area (Å²) >= 11 is 0. The van der Waals surface area contributed by atoms with Gasteiger partial charge in [-0.25, -0.2) is 9.59 Å². The van der Waals surface area contributed by atoms with Crippen molar-refractivity contribution in [3.63, 3.8) is 0 Å². The Kier molecular flexibility index (Phi) is 6.72. The van der Waals surface area contributed by atoms with Gasteiger partial charge >= 0.3 is 11.9 Å². The number of ether oxygens (including phenoxy) is 2. The van der Waals surface area contributed by atoms with E-state index in [0.717, 1.165) is 16.7 Å². The molecule has 5 rings (SSSR count). The molecule has 0 spiro atoms. The van der Waals surface area contributed by atoms with Gasteiger partial charge in [0.2, 0.25) is 5.91 Å². The molecule has 0 radical (unpaired) electrons. The fraction of sp³-hybridized carbons (Fsp3) is 0.241. The number of anilines is 1. The highest BCUT2D eigenvalue weighted by molar-refractivity contribution is 6.40. The summed E-state index contributed by atoms with van der Waals surface area (Å²) in [5, 5.41) is 6.22. The van der Waals surface area contributed by atoms with E-state index in [9.17, 15) is 14.4 Å². The molecule has 0 saturated heterocycles. The monoisotopic (exact) mass is 497 g/mol. The molecule has 0 fully saturated rings. The Balaban J connectivity index is 1.52. The van der Waals surface area contributed by atoms with E-state index in [4.69, 9.17) is 9.47 Å². The van der Waals surface area contributed by atoms with Crippen molar-refractivity contribution in [3.8, 4) is 0 Å². The van der Waals surface area contributed by atoms with Crippen LogP contribution in [0.15, 0.2) is 90.0 Å². The number of hydrazone groups is 1. The van der Waals surface area contributed by atoms with Crippen LogP contribution in [-0.2, 0) is 37.0 Å². The van der Waals surface area contributed by atoms with Crippen molar-refractivity contribution in [1.29, 1.82) is 0 Å². The number of rotatable bonds is 6. The van der Waals surface area contributed by atoms with Crippen LogP contribution in [0.2, 0.25) is 0 Å². The van der Waals surface area contributed by atoms with Crippen LogP contribution in [0.4, 0.5) is 5.69 Å². The van der Waals surface area contributed by atoms with E-state index in [1.54, 1.807) is 11.9 Å². The van der Waals surface area contributed by atoms with Crippen molar-refractivity contribution >= 4 is 29.2 Å². The first-order valence-corrected chi connectivity index (χ1v) is 12.1. The van der Waals surface area contributed by atoms with E-state index >= 15 is 0 Å². The lowest BCUT2D eigenvalue weighted by Gasteiger charge is -2.31. The molecule has 0 saturated carbocycles. The molecule has 0 N–H and O–H groups in total. The molecule has 37 heavy (non-hydrogen) atoms. The molecular formula is C29H27N3O5. The second-order valence-electron chi connectivity index (χ2n) is 9.02. The smallest absolute Gasteiger partial charge is 0.354 e. The maximum atomic E-state index is 14.2. The van der Waals surface area contributed by atoms with Crippen LogP contribution in [0, 0.1) is 0 Å². The summed E-state index contributed by atoms with van der Waals surface area (Å²) in [7, 11) is 1.29. The van der Waals surface area contributed by atoms with Gasteiger partial charge in [0.15, 0.2) is 5.71 Å². The Morgan fingerprint density at radius 2 is 1.62 bits per heavy atom. The fourth-order valence-electron chi connectivity index (χ4n) is 4.86. The Hall–Kier alpha value is -4.46. The van der Waals surface area contributed by atoms with Gasteiger partial charge in [-0.1, -0.05) is 78.9 Å². The summed E-state index contributed by atoms with van der Waals surface area (Å²) in [6.45, 7) is 1.98. The summed E-state index contributed by atoms with van der Waals surface area (Å²) in [6.07, 6.45) is 0. The van der Waals surface area contributed by atoms with Gasteiger partial charge in [0.05, 0.1) is 18.7 Å². The van der Waals surface area contributed by atoms with E-state index in [1.165, 1.54) is 12.0 Å². The van der Waals surface area contributed by atoms with Gasteiger partial charge in [0.25, 0.3) is 0 Å². The quantitative estimate of drug-likeness (QED) is 0.483. The van der Waals surface area contributed by atoms with Gasteiger partial charge in [-0.05, 0) is 29.7 Å². The first-order chi connectivity index (χ1) is 18.0. The molecule has 8 heteroatoms. The number of carbonyl (C=O) groups excluding carboxylic acids is 3. The SMILES string of the molecule is COC(=O)C1=NN2c3ccccc3CN([C@@H](C)C(=O)OCc3ccccc3)C(=O)[C@@H]2[C@H]1c1ccccc1. The number of benzene rings is 3. The van der Waals surface area contributed by atoms with Crippen LogP contribution < -0.4 is 5.01 Å². The number of methoxy groups -OCH3 is 1. The molecule has 1 amide bonds. The molecule has 2 aliphatic heterocycles. The molecule has 3 aromatic rings. The van der Waals surface area contributed by atoms with Crippen molar-refractivity contribution in [2.24, 2.45) is 5.10 Å². The predicted molar refractivity (Wildman–Crippen MR) is 138 cm³/mol. The number of nitrogens with zero attached hydrogens (tertiary/aromatic N) is 3. The zero-order chi connectivity index (χ0) is 25.9. The minimum atomic E-state index is -0.871. The average Bonchev–Trinajstić information content (AvgIpc) is 3.30. The minimum absolute atomic E-state index is 0.112. The van der Waals surface area contributed by atoms with Crippen LogP contribution in [-0.4, -0.2) is 47.7 Å². The molecule has 2 heterocycles. The topological polar surface area (TPSA) is 88.5 Å². The lowest BCUT2D eigenvalue weighted by molar-refractivity contribution is -0.156. The highest BCUT2D eigenvalue weighted by Crippen LogP contribution is 2.40. The number of para-hydroxylation sites is 1. The van der Waals surface area contributed by atoms with E-state index in [2.05, 4.69) is 5.10 Å². The summed E-state index contributed by atoms with van der Waals surface area (Å²) in [4.78, 5) is 41.6. The molecule has 0 unspecified atom stereocenters. The van der Waals surface area contributed by atoms with Gasteiger partial charge in [-0.2, -0.15) is 5.10 Å². The maximum Gasteiger partial charge on any atom is 0.354 e. The maximum absolute atomic E-state index is 14.2. The van der Waals surface area contributed by atoms with Crippen LogP contribution in [0.3, 0.4) is 0 Å². The number of hydrogen-bond acceptors (Lipinski definition) is 7. The second kappa shape index (κ2) is 10.3. The van der Waals surface area contributed by atoms with Gasteiger partial charge in [0.1, 0.15) is 18.7 Å². The largest absolute Gasteiger partial charge is 0.464 e. The molecule has 3 atom stereocenters. The van der Waals surface area contributed by atoms with E-state index in [0.29, 0.717) is 5.69 Å². The van der Waals surface area contributed by atoms with Crippen LogP contribution in [0.1, 0.15) is 29.5 Å². The lowest BCUT2D eigenvalue weighted by Crippen LogP contribution is -2.51. The minimum Gasteiger partial charge on any atom is -0.464 e. The van der Waals surface area contributed by atoms with Crippen LogP contribution in [0.5, 0.6) is 0 Å². The molecular weight excluding hydrogens is 470 g/mol. The first-order valence-electron chi connectivity index (χ1n) is 12.1. The third-order valence-corrected chi connectivity index (χ3v) is 6.79. The molecule has 188 valence electrons. The van der Waals surface area contributed by atoms with E-state index < -0.39 is 29.9 Å². The number of fused-ring (bicyclic) bond motifs is 3. The first kappa shape index (κ1) is 24.2. The van der Waals surface area contributed by atoms with E-state index in [-0.39, 0.29) is 24.8 Å². The van der Waals surface area contributed by atoms with Crippen molar-refractivity contribution in [3.05, 3.63) is 102 Å². The average molecular weight is 498 g/mol. The molecule has 8 nitrogen and oxygen atoms in total. The van der Waals surface area contributed by atoms with Crippen LogP contribution in [0.25, 0.3) is 0 Å². The third kappa shape index (κ3) is 4.58. The highest BCUT2D eigenvalue weighted by Gasteiger charge is 2.51. The molecule has 0 aromatic heterocycles. The Morgan fingerprint density at radius 1 is 0.973 bits per heavy atom. The van der Waals surface area contributed by atoms with Gasteiger partial charge < -0.3 is 14.4 Å². The van der Waals surface area contributed by atoms with Crippen LogP contribution >= 0.6 is 0 Å². The third-order valence-electron chi connectivity index (χ3n) is 6.79. The molecule has 2 aliphatic rings. The molecule has 0 aliphatic carbocycles. The van der Waals surface area contributed by atoms with Crippen molar-refractivity contribution < 1.29 is 23.9 Å². The summed E-state index contributed by atoms with van der Waals surface area (Å²) in [5.41, 5.74) is 3.27. The standard InChI is InChI=1S/C29H27N3O5/c1-19(28(34)37-18-20-11-5-3-6-12-20)31-17-22-15-9-10-16-23(22)32-26(27(31)33)24(21-13-7-4-8-14-21)25(30-32)29(35)36-2/h3-16,19,24,26H,17-18H2,1-2H3/t19-,24-,26-/m0/s1. The summed E-state index contributed by atoms with van der Waals surface area (Å²) in [6, 6.07) is 24.4. The van der Waals surface area contributed by atoms with Gasteiger partial charge in [0, 0.05) is 6.54 Å². The molecule has 3 aromatic carbocycles. The summed E-state index contributed by atoms with van der Waals surface area (Å²) < 4.78 is 10.6. The van der Waals surface area contributed by atoms with Crippen molar-refractivity contribution in [1.82, 2.24) is 4.90 Å². The second-order valence-corrected chi connectivity index (χ2v) is 9.02. The van der Waals surface area contributed by atoms with Gasteiger partial charge in [-0.3, -0.25) is 9.80 Å². The normalized spacial score (nSPS) is 19.3. The zero-order valence-electron chi connectivity index (χ0n) is 20.6. The fourth-order valence-corrected chi connectivity index (χ4v) is 4.86. The highest BCUT2D eigenvalue weighted by atomic mass is 16.5. The zero-order valence-corrected chi connectivity index (χ0v) is 20.6. The van der Waals surface area contributed by atoms with Crippen molar-refractivity contribution in [2.45, 2.75) is 38.1 Å². The number of carbonyl (C=O) groups is 3. The lowest BCUT2D eigenvalue weighted by atomic mass is 9.87. The number of esters is 2. The summed E-state index contributed by atoms with van der Waals surface area (Å²) in [5.74, 6) is -2.11. The van der Waals surface area contributed by atoms with E-state index in [1.807, 2.05) is 84.9 Å². The Morgan fingerprint density at radius 3 is 2.32 bits per heavy atom. The Bertz CT molecular complexity index is 1340. The number of hydrogen-bond donors (Lipinski definition) is 0. The Labute approximate surface area is 215 Å². The van der Waals surface area contributed by atoms with Crippen molar-refractivity contribution in [2.75, 3.05) is 12.1 Å². The molecule has 0 bridgehead atoms. The van der Waals surface area contributed by atoms with Gasteiger partial charge in [-0.15, -0.1) is 0 Å².